The molecule has 1 saturated carbocycles. The number of hydrogen-bond donors (Lipinski definition) is 2. The Bertz CT molecular complexity index is 630. The lowest BCUT2D eigenvalue weighted by atomic mass is 9.78. The summed E-state index contributed by atoms with van der Waals surface area (Å²) in [7, 11) is 0. The van der Waals surface area contributed by atoms with Gasteiger partial charge in [-0.25, -0.2) is 0 Å². The standard InChI is InChI=1S/C18H25N3O4/c1-12-4-3-5-16(13(12)2)20-17(22)10-11-19-18(23)14-6-8-15(9-7-14)21(24)25/h6-9,12-13,16H,3-5,10-11H2,1-2H3,(H,19,23)(H,20,22)/t12-,13+,16-/m1/s1. The van der Waals surface area contributed by atoms with Gasteiger partial charge in [0.1, 0.15) is 0 Å². The Kier molecular flexibility index (Phi) is 6.50. The second-order valence-corrected chi connectivity index (χ2v) is 6.75. The molecule has 1 fully saturated rings. The predicted molar refractivity (Wildman–Crippen MR) is 94.2 cm³/mol. The van der Waals surface area contributed by atoms with E-state index in [1.807, 2.05) is 0 Å². The highest BCUT2D eigenvalue weighted by Crippen LogP contribution is 2.29. The molecule has 0 aromatic heterocycles. The largest absolute Gasteiger partial charge is 0.353 e. The van der Waals surface area contributed by atoms with E-state index < -0.39 is 4.92 Å². The van der Waals surface area contributed by atoms with Crippen molar-refractivity contribution in [3.63, 3.8) is 0 Å². The fraction of sp³-hybridized carbons (Fsp3) is 0.556. The van der Waals surface area contributed by atoms with Gasteiger partial charge in [-0.1, -0.05) is 26.7 Å². The maximum atomic E-state index is 12.1. The van der Waals surface area contributed by atoms with E-state index >= 15 is 0 Å². The van der Waals surface area contributed by atoms with Crippen molar-refractivity contribution >= 4 is 17.5 Å². The quantitative estimate of drug-likeness (QED) is 0.610. The molecule has 0 radical (unpaired) electrons. The summed E-state index contributed by atoms with van der Waals surface area (Å²) >= 11 is 0. The van der Waals surface area contributed by atoms with Gasteiger partial charge in [0.25, 0.3) is 11.6 Å². The van der Waals surface area contributed by atoms with E-state index in [1.165, 1.54) is 30.7 Å². The fourth-order valence-corrected chi connectivity index (χ4v) is 3.19. The molecule has 1 aromatic carbocycles. The second-order valence-electron chi connectivity index (χ2n) is 6.75. The molecule has 0 aliphatic heterocycles. The minimum atomic E-state index is -0.515. The van der Waals surface area contributed by atoms with Crippen molar-refractivity contribution in [3.05, 3.63) is 39.9 Å². The van der Waals surface area contributed by atoms with Crippen LogP contribution in [0.1, 0.15) is 49.9 Å². The van der Waals surface area contributed by atoms with Crippen molar-refractivity contribution in [2.45, 2.75) is 45.6 Å². The lowest BCUT2D eigenvalue weighted by molar-refractivity contribution is -0.384. The number of carbonyl (C=O) groups excluding carboxylic acids is 2. The zero-order valence-corrected chi connectivity index (χ0v) is 14.7. The average molecular weight is 347 g/mol. The molecule has 2 N–H and O–H groups in total. The Morgan fingerprint density at radius 2 is 1.88 bits per heavy atom. The van der Waals surface area contributed by atoms with E-state index in [4.69, 9.17) is 0 Å². The van der Waals surface area contributed by atoms with Crippen molar-refractivity contribution in [2.75, 3.05) is 6.54 Å². The molecule has 0 heterocycles. The number of amides is 2. The van der Waals surface area contributed by atoms with E-state index in [-0.39, 0.29) is 36.5 Å². The first-order valence-corrected chi connectivity index (χ1v) is 8.70. The average Bonchev–Trinajstić information content (AvgIpc) is 2.59. The summed E-state index contributed by atoms with van der Waals surface area (Å²) in [5.41, 5.74) is 0.271. The van der Waals surface area contributed by atoms with Gasteiger partial charge in [0.05, 0.1) is 4.92 Å². The highest BCUT2D eigenvalue weighted by molar-refractivity contribution is 5.94. The van der Waals surface area contributed by atoms with Crippen molar-refractivity contribution in [1.29, 1.82) is 0 Å². The van der Waals surface area contributed by atoms with Gasteiger partial charge >= 0.3 is 0 Å². The SMILES string of the molecule is C[C@H]1[C@H](C)CCC[C@H]1NC(=O)CCNC(=O)c1ccc([N+](=O)[O-])cc1. The first kappa shape index (κ1) is 18.9. The topological polar surface area (TPSA) is 101 Å². The van der Waals surface area contributed by atoms with Crippen LogP contribution in [0.2, 0.25) is 0 Å². The Hall–Kier alpha value is -2.44. The van der Waals surface area contributed by atoms with Gasteiger partial charge < -0.3 is 10.6 Å². The molecule has 1 aliphatic carbocycles. The number of hydrogen-bond acceptors (Lipinski definition) is 4. The van der Waals surface area contributed by atoms with Gasteiger partial charge in [0.2, 0.25) is 5.91 Å². The van der Waals surface area contributed by atoms with Gasteiger partial charge in [-0.3, -0.25) is 19.7 Å². The van der Waals surface area contributed by atoms with Crippen LogP contribution in [0, 0.1) is 22.0 Å². The predicted octanol–water partition coefficient (Wildman–Crippen LogP) is 2.66. The molecule has 0 unspecified atom stereocenters. The van der Waals surface area contributed by atoms with E-state index in [1.54, 1.807) is 0 Å². The van der Waals surface area contributed by atoms with Crippen LogP contribution < -0.4 is 10.6 Å². The van der Waals surface area contributed by atoms with Crippen molar-refractivity contribution in [1.82, 2.24) is 10.6 Å². The van der Waals surface area contributed by atoms with E-state index in [0.29, 0.717) is 17.4 Å². The van der Waals surface area contributed by atoms with Gasteiger partial charge in [-0.15, -0.1) is 0 Å². The Balaban J connectivity index is 1.75. The lowest BCUT2D eigenvalue weighted by Gasteiger charge is -2.34. The Labute approximate surface area is 147 Å². The van der Waals surface area contributed by atoms with Gasteiger partial charge in [-0.05, 0) is 30.4 Å². The van der Waals surface area contributed by atoms with Crippen LogP contribution in [0.3, 0.4) is 0 Å². The monoisotopic (exact) mass is 347 g/mol. The summed E-state index contributed by atoms with van der Waals surface area (Å²) in [6.45, 7) is 4.62. The van der Waals surface area contributed by atoms with Crippen LogP contribution >= 0.6 is 0 Å². The zero-order chi connectivity index (χ0) is 18.4. The van der Waals surface area contributed by atoms with Crippen LogP contribution in [0.4, 0.5) is 5.69 Å². The molecular formula is C18H25N3O4. The summed E-state index contributed by atoms with van der Waals surface area (Å²) in [4.78, 5) is 34.1. The number of carbonyl (C=O) groups is 2. The van der Waals surface area contributed by atoms with Crippen molar-refractivity contribution in [2.24, 2.45) is 11.8 Å². The first-order chi connectivity index (χ1) is 11.9. The smallest absolute Gasteiger partial charge is 0.269 e. The van der Waals surface area contributed by atoms with E-state index in [0.717, 1.165) is 12.8 Å². The summed E-state index contributed by atoms with van der Waals surface area (Å²) in [5.74, 6) is 0.672. The number of nitrogens with zero attached hydrogens (tertiary/aromatic N) is 1. The van der Waals surface area contributed by atoms with Gasteiger partial charge in [-0.2, -0.15) is 0 Å². The van der Waals surface area contributed by atoms with Crippen molar-refractivity contribution in [3.8, 4) is 0 Å². The Morgan fingerprint density at radius 3 is 2.52 bits per heavy atom. The minimum Gasteiger partial charge on any atom is -0.353 e. The third kappa shape index (κ3) is 5.27. The fourth-order valence-electron chi connectivity index (χ4n) is 3.19. The van der Waals surface area contributed by atoms with Crippen LogP contribution in [0.25, 0.3) is 0 Å². The maximum Gasteiger partial charge on any atom is 0.269 e. The molecule has 3 atom stereocenters. The minimum absolute atomic E-state index is 0.0602. The zero-order valence-electron chi connectivity index (χ0n) is 14.7. The molecule has 0 saturated heterocycles. The molecule has 7 heteroatoms. The molecule has 2 rings (SSSR count). The van der Waals surface area contributed by atoms with Crippen LogP contribution in [0.5, 0.6) is 0 Å². The van der Waals surface area contributed by atoms with Gasteiger partial charge in [0.15, 0.2) is 0 Å². The molecule has 2 amide bonds. The molecule has 25 heavy (non-hydrogen) atoms. The number of rotatable bonds is 6. The molecular weight excluding hydrogens is 322 g/mol. The number of nitro benzene ring substituents is 1. The second kappa shape index (κ2) is 8.60. The molecule has 136 valence electrons. The van der Waals surface area contributed by atoms with Crippen LogP contribution in [-0.2, 0) is 4.79 Å². The molecule has 0 bridgehead atoms. The summed E-state index contributed by atoms with van der Waals surface area (Å²) in [6.07, 6.45) is 3.56. The molecule has 1 aliphatic rings. The molecule has 0 spiro atoms. The number of nitrogens with one attached hydrogen (secondary N) is 2. The van der Waals surface area contributed by atoms with Crippen LogP contribution in [0.15, 0.2) is 24.3 Å². The summed E-state index contributed by atoms with van der Waals surface area (Å²) in [6, 6.07) is 5.58. The Morgan fingerprint density at radius 1 is 1.20 bits per heavy atom. The molecule has 7 nitrogen and oxygen atoms in total. The maximum absolute atomic E-state index is 12.1. The van der Waals surface area contributed by atoms with E-state index in [9.17, 15) is 19.7 Å². The number of nitro groups is 1. The molecule has 1 aromatic rings. The third-order valence-corrected chi connectivity index (χ3v) is 5.03. The van der Waals surface area contributed by atoms with Crippen LogP contribution in [-0.4, -0.2) is 29.3 Å². The van der Waals surface area contributed by atoms with E-state index in [2.05, 4.69) is 24.5 Å². The number of non-ortho nitro benzene ring substituents is 1. The summed E-state index contributed by atoms with van der Waals surface area (Å²) in [5, 5.41) is 16.3. The van der Waals surface area contributed by atoms with Crippen molar-refractivity contribution < 1.29 is 14.5 Å². The lowest BCUT2D eigenvalue weighted by Crippen LogP contribution is -2.44. The highest BCUT2D eigenvalue weighted by Gasteiger charge is 2.27. The normalized spacial score (nSPS) is 22.9. The van der Waals surface area contributed by atoms with Gasteiger partial charge in [0, 0.05) is 36.7 Å². The first-order valence-electron chi connectivity index (χ1n) is 8.70. The summed E-state index contributed by atoms with van der Waals surface area (Å²) < 4.78 is 0. The third-order valence-electron chi connectivity index (χ3n) is 5.03. The highest BCUT2D eigenvalue weighted by atomic mass is 16.6. The number of benzene rings is 1.